The molecule has 1 saturated carbocycles. The van der Waals surface area contributed by atoms with Crippen molar-refractivity contribution in [1.82, 2.24) is 5.43 Å². The van der Waals surface area contributed by atoms with Gasteiger partial charge in [0.1, 0.15) is 0 Å². The first-order valence-electron chi connectivity index (χ1n) is 11.7. The number of anilines is 1. The molecule has 1 aliphatic carbocycles. The van der Waals surface area contributed by atoms with Crippen LogP contribution in [0.15, 0.2) is 84.0 Å². The van der Waals surface area contributed by atoms with Crippen molar-refractivity contribution in [3.8, 4) is 5.75 Å². The van der Waals surface area contributed by atoms with Gasteiger partial charge in [0.2, 0.25) is 0 Å². The summed E-state index contributed by atoms with van der Waals surface area (Å²) in [6, 6.07) is 22.7. The fourth-order valence-corrected chi connectivity index (χ4v) is 4.16. The van der Waals surface area contributed by atoms with Gasteiger partial charge in [0.25, 0.3) is 11.8 Å². The molecular formula is C27H26N4O5. The van der Waals surface area contributed by atoms with Gasteiger partial charge in [0.05, 0.1) is 16.2 Å². The molecule has 1 fully saturated rings. The lowest BCUT2D eigenvalue weighted by atomic mass is 9.83. The second kappa shape index (κ2) is 11.7. The largest absolute Gasteiger partial charge is 0.477 e. The number of nitrogens with one attached hydrogen (secondary N) is 2. The highest BCUT2D eigenvalue weighted by Gasteiger charge is 2.20. The Morgan fingerprint density at radius 2 is 1.61 bits per heavy atom. The number of nitro benzene ring substituents is 1. The minimum absolute atomic E-state index is 0.0125. The monoisotopic (exact) mass is 486 g/mol. The molecule has 0 aromatic heterocycles. The first-order chi connectivity index (χ1) is 17.5. The third-order valence-corrected chi connectivity index (χ3v) is 6.02. The average Bonchev–Trinajstić information content (AvgIpc) is 2.92. The Labute approximate surface area is 208 Å². The second-order valence-electron chi connectivity index (χ2n) is 8.41. The third-order valence-electron chi connectivity index (χ3n) is 6.02. The van der Waals surface area contributed by atoms with E-state index in [0.29, 0.717) is 11.6 Å². The van der Waals surface area contributed by atoms with Crippen molar-refractivity contribution in [3.63, 3.8) is 0 Å². The van der Waals surface area contributed by atoms with Gasteiger partial charge in [0, 0.05) is 11.8 Å². The van der Waals surface area contributed by atoms with Crippen molar-refractivity contribution in [2.24, 2.45) is 5.10 Å². The zero-order valence-corrected chi connectivity index (χ0v) is 19.6. The van der Waals surface area contributed by atoms with Crippen LogP contribution >= 0.6 is 0 Å². The Morgan fingerprint density at radius 1 is 0.944 bits per heavy atom. The molecule has 2 amide bonds. The van der Waals surface area contributed by atoms with Crippen molar-refractivity contribution in [2.45, 2.75) is 31.6 Å². The van der Waals surface area contributed by atoms with Crippen molar-refractivity contribution in [2.75, 3.05) is 11.9 Å². The molecule has 36 heavy (non-hydrogen) atoms. The SMILES string of the molecule is O=C(COc1ccccc1[N+](=O)[O-])Nc1ccccc1C(=O)NN=C1CCC(c2ccccc2)CC1. The summed E-state index contributed by atoms with van der Waals surface area (Å²) in [5, 5.41) is 18.1. The standard InChI is InChI=1S/C27H26N4O5/c32-26(18-36-25-13-7-6-12-24(25)31(34)35)28-23-11-5-4-10-22(23)27(33)30-29-21-16-14-20(15-17-21)19-8-2-1-3-9-19/h1-13,20H,14-18H2,(H,28,32)(H,30,33). The first kappa shape index (κ1) is 24.6. The number of nitrogens with zero attached hydrogens (tertiary/aromatic N) is 2. The van der Waals surface area contributed by atoms with Crippen molar-refractivity contribution in [3.05, 3.63) is 100 Å². The Morgan fingerprint density at radius 3 is 2.36 bits per heavy atom. The van der Waals surface area contributed by atoms with Gasteiger partial charge in [-0.3, -0.25) is 19.7 Å². The number of benzene rings is 3. The lowest BCUT2D eigenvalue weighted by Crippen LogP contribution is -2.25. The highest BCUT2D eigenvalue weighted by Crippen LogP contribution is 2.31. The zero-order valence-electron chi connectivity index (χ0n) is 19.6. The van der Waals surface area contributed by atoms with Crippen molar-refractivity contribution < 1.29 is 19.2 Å². The van der Waals surface area contributed by atoms with E-state index in [1.54, 1.807) is 30.3 Å². The van der Waals surface area contributed by atoms with Crippen LogP contribution < -0.4 is 15.5 Å². The van der Waals surface area contributed by atoms with Gasteiger partial charge in [0.15, 0.2) is 12.4 Å². The van der Waals surface area contributed by atoms with Crippen LogP contribution in [0.1, 0.15) is 47.5 Å². The molecule has 3 aromatic rings. The maximum atomic E-state index is 12.8. The van der Waals surface area contributed by atoms with Gasteiger partial charge in [-0.2, -0.15) is 5.10 Å². The summed E-state index contributed by atoms with van der Waals surface area (Å²) < 4.78 is 5.32. The molecule has 0 atom stereocenters. The van der Waals surface area contributed by atoms with Gasteiger partial charge in [-0.25, -0.2) is 5.43 Å². The Kier molecular flexibility index (Phi) is 8.02. The number of hydrazone groups is 1. The Balaban J connectivity index is 1.33. The van der Waals surface area contributed by atoms with E-state index >= 15 is 0 Å². The van der Waals surface area contributed by atoms with E-state index in [2.05, 4.69) is 28.0 Å². The van der Waals surface area contributed by atoms with Crippen LogP contribution in [0.25, 0.3) is 0 Å². The van der Waals surface area contributed by atoms with Crippen LogP contribution in [0, 0.1) is 10.1 Å². The number of hydrogen-bond donors (Lipinski definition) is 2. The Bertz CT molecular complexity index is 1270. The smallest absolute Gasteiger partial charge is 0.310 e. The van der Waals surface area contributed by atoms with Gasteiger partial charge < -0.3 is 10.1 Å². The highest BCUT2D eigenvalue weighted by atomic mass is 16.6. The van der Waals surface area contributed by atoms with Gasteiger partial charge in [-0.1, -0.05) is 54.6 Å². The average molecular weight is 487 g/mol. The molecule has 0 aliphatic heterocycles. The molecule has 0 saturated heterocycles. The van der Waals surface area contributed by atoms with Crippen molar-refractivity contribution >= 4 is 28.9 Å². The van der Waals surface area contributed by atoms with Gasteiger partial charge in [-0.15, -0.1) is 0 Å². The molecule has 1 aliphatic rings. The van der Waals surface area contributed by atoms with Crippen LogP contribution in [0.4, 0.5) is 11.4 Å². The van der Waals surface area contributed by atoms with Crippen LogP contribution in [0.2, 0.25) is 0 Å². The quantitative estimate of drug-likeness (QED) is 0.340. The van der Waals surface area contributed by atoms with Crippen LogP contribution in [-0.4, -0.2) is 29.1 Å². The van der Waals surface area contributed by atoms with E-state index in [1.165, 1.54) is 23.8 Å². The molecule has 0 spiro atoms. The van der Waals surface area contributed by atoms with Crippen LogP contribution in [-0.2, 0) is 4.79 Å². The number of para-hydroxylation sites is 3. The van der Waals surface area contributed by atoms with E-state index in [1.807, 2.05) is 18.2 Å². The van der Waals surface area contributed by atoms with E-state index in [4.69, 9.17) is 4.74 Å². The molecule has 2 N–H and O–H groups in total. The summed E-state index contributed by atoms with van der Waals surface area (Å²) in [6.45, 7) is -0.453. The molecule has 0 unspecified atom stereocenters. The maximum absolute atomic E-state index is 12.8. The second-order valence-corrected chi connectivity index (χ2v) is 8.41. The third kappa shape index (κ3) is 6.32. The molecule has 9 heteroatoms. The molecule has 0 heterocycles. The van der Waals surface area contributed by atoms with Crippen LogP contribution in [0.3, 0.4) is 0 Å². The molecular weight excluding hydrogens is 460 g/mol. The lowest BCUT2D eigenvalue weighted by Gasteiger charge is -2.23. The fourth-order valence-electron chi connectivity index (χ4n) is 4.16. The van der Waals surface area contributed by atoms with E-state index in [0.717, 1.165) is 31.4 Å². The van der Waals surface area contributed by atoms with Crippen LogP contribution in [0.5, 0.6) is 5.75 Å². The number of nitro groups is 1. The predicted octanol–water partition coefficient (Wildman–Crippen LogP) is 5.06. The number of carbonyl (C=O) groups is 2. The molecule has 3 aromatic carbocycles. The topological polar surface area (TPSA) is 123 Å². The lowest BCUT2D eigenvalue weighted by molar-refractivity contribution is -0.385. The summed E-state index contributed by atoms with van der Waals surface area (Å²) in [5.74, 6) is -0.514. The predicted molar refractivity (Wildman–Crippen MR) is 136 cm³/mol. The van der Waals surface area contributed by atoms with Crippen molar-refractivity contribution in [1.29, 1.82) is 0 Å². The zero-order chi connectivity index (χ0) is 25.3. The highest BCUT2D eigenvalue weighted by molar-refractivity contribution is 6.04. The summed E-state index contributed by atoms with van der Waals surface area (Å²) in [5.41, 5.74) is 5.18. The summed E-state index contributed by atoms with van der Waals surface area (Å²) in [7, 11) is 0. The first-order valence-corrected chi connectivity index (χ1v) is 11.7. The van der Waals surface area contributed by atoms with E-state index in [-0.39, 0.29) is 17.0 Å². The van der Waals surface area contributed by atoms with E-state index in [9.17, 15) is 19.7 Å². The van der Waals surface area contributed by atoms with E-state index < -0.39 is 23.3 Å². The number of amides is 2. The molecule has 9 nitrogen and oxygen atoms in total. The number of carbonyl (C=O) groups excluding carboxylic acids is 2. The molecule has 0 radical (unpaired) electrons. The number of ether oxygens (including phenoxy) is 1. The maximum Gasteiger partial charge on any atom is 0.310 e. The number of hydrogen-bond acceptors (Lipinski definition) is 6. The summed E-state index contributed by atoms with van der Waals surface area (Å²) in [6.07, 6.45) is 3.57. The van der Waals surface area contributed by atoms with Gasteiger partial charge >= 0.3 is 5.69 Å². The molecule has 4 rings (SSSR count). The molecule has 0 bridgehead atoms. The summed E-state index contributed by atoms with van der Waals surface area (Å²) in [4.78, 5) is 35.8. The Hall–Kier alpha value is -4.53. The fraction of sp³-hybridized carbons (Fsp3) is 0.222. The summed E-state index contributed by atoms with van der Waals surface area (Å²) >= 11 is 0. The minimum Gasteiger partial charge on any atom is -0.477 e. The minimum atomic E-state index is -0.581. The van der Waals surface area contributed by atoms with Gasteiger partial charge in [-0.05, 0) is 55.4 Å². The molecule has 184 valence electrons. The normalized spacial score (nSPS) is 15.0. The number of rotatable bonds is 8.